The summed E-state index contributed by atoms with van der Waals surface area (Å²) in [7, 11) is 4.05. The third-order valence-electron chi connectivity index (χ3n) is 2.80. The molecule has 0 saturated carbocycles. The molecule has 1 rings (SSSR count). The van der Waals surface area contributed by atoms with E-state index in [1.807, 2.05) is 20.2 Å². The van der Waals surface area contributed by atoms with Crippen molar-refractivity contribution in [1.82, 2.24) is 10.2 Å². The number of hydrogen-bond donors (Lipinski definition) is 1. The molecule has 1 N–H and O–H groups in total. The second-order valence-corrected chi connectivity index (χ2v) is 4.37. The molecule has 0 aliphatic rings. The van der Waals surface area contributed by atoms with Gasteiger partial charge in [-0.2, -0.15) is 5.26 Å². The highest BCUT2D eigenvalue weighted by atomic mass is 19.1. The number of benzene rings is 1. The van der Waals surface area contributed by atoms with Crippen LogP contribution in [-0.2, 0) is 6.54 Å². The van der Waals surface area contributed by atoms with Gasteiger partial charge in [0.1, 0.15) is 11.9 Å². The van der Waals surface area contributed by atoms with Crippen molar-refractivity contribution in [2.24, 2.45) is 0 Å². The van der Waals surface area contributed by atoms with Crippen LogP contribution in [-0.4, -0.2) is 31.6 Å². The van der Waals surface area contributed by atoms with Gasteiger partial charge >= 0.3 is 0 Å². The molecule has 0 aliphatic heterocycles. The van der Waals surface area contributed by atoms with Crippen LogP contribution in [0.25, 0.3) is 0 Å². The van der Waals surface area contributed by atoms with Crippen LogP contribution in [0.3, 0.4) is 0 Å². The number of likely N-dealkylation sites (N-methyl/N-ethyl adjacent to an activating group) is 1. The summed E-state index contributed by atoms with van der Waals surface area (Å²) in [6.07, 6.45) is 0. The SMILES string of the molecule is CC(CNCc1ccc(F)c(C#N)c1)N(C)C. The van der Waals surface area contributed by atoms with E-state index in [4.69, 9.17) is 5.26 Å². The van der Waals surface area contributed by atoms with Gasteiger partial charge in [0.2, 0.25) is 0 Å². The van der Waals surface area contributed by atoms with Gasteiger partial charge in [0, 0.05) is 19.1 Å². The van der Waals surface area contributed by atoms with E-state index in [1.54, 1.807) is 12.1 Å². The molecule has 0 aromatic heterocycles. The van der Waals surface area contributed by atoms with E-state index < -0.39 is 5.82 Å². The first-order valence-electron chi connectivity index (χ1n) is 5.60. The number of nitrogens with one attached hydrogen (secondary N) is 1. The molecule has 0 fully saturated rings. The van der Waals surface area contributed by atoms with Crippen LogP contribution in [0.4, 0.5) is 4.39 Å². The molecule has 17 heavy (non-hydrogen) atoms. The average Bonchev–Trinajstić information content (AvgIpc) is 2.31. The topological polar surface area (TPSA) is 39.1 Å². The summed E-state index contributed by atoms with van der Waals surface area (Å²) in [5, 5.41) is 12.0. The third-order valence-corrected chi connectivity index (χ3v) is 2.80. The van der Waals surface area contributed by atoms with Crippen LogP contribution in [0.15, 0.2) is 18.2 Å². The van der Waals surface area contributed by atoms with Crippen LogP contribution in [0, 0.1) is 17.1 Å². The van der Waals surface area contributed by atoms with Crippen LogP contribution < -0.4 is 5.32 Å². The van der Waals surface area contributed by atoms with Crippen molar-refractivity contribution in [1.29, 1.82) is 5.26 Å². The lowest BCUT2D eigenvalue weighted by Gasteiger charge is -2.20. The quantitative estimate of drug-likeness (QED) is 0.845. The molecule has 92 valence electrons. The zero-order valence-corrected chi connectivity index (χ0v) is 10.5. The zero-order chi connectivity index (χ0) is 12.8. The molecular formula is C13H18FN3. The monoisotopic (exact) mass is 235 g/mol. The van der Waals surface area contributed by atoms with Gasteiger partial charge in [-0.1, -0.05) is 6.07 Å². The number of halogens is 1. The van der Waals surface area contributed by atoms with Crippen molar-refractivity contribution in [3.63, 3.8) is 0 Å². The second-order valence-electron chi connectivity index (χ2n) is 4.37. The van der Waals surface area contributed by atoms with Gasteiger partial charge < -0.3 is 10.2 Å². The van der Waals surface area contributed by atoms with Crippen molar-refractivity contribution in [2.45, 2.75) is 19.5 Å². The van der Waals surface area contributed by atoms with Crippen LogP contribution in [0.5, 0.6) is 0 Å². The standard InChI is InChI=1S/C13H18FN3/c1-10(17(2)3)8-16-9-11-4-5-13(14)12(6-11)7-15/h4-6,10,16H,8-9H2,1-3H3. The summed E-state index contributed by atoms with van der Waals surface area (Å²) in [6.45, 7) is 3.62. The zero-order valence-electron chi connectivity index (χ0n) is 10.5. The molecule has 1 unspecified atom stereocenters. The maximum atomic E-state index is 13.1. The predicted octanol–water partition coefficient (Wildman–Crippen LogP) is 1.74. The van der Waals surface area contributed by atoms with E-state index in [1.165, 1.54) is 6.07 Å². The highest BCUT2D eigenvalue weighted by Crippen LogP contribution is 2.09. The Kier molecular flexibility index (Phi) is 5.08. The van der Waals surface area contributed by atoms with Gasteiger partial charge in [0.05, 0.1) is 5.56 Å². The third kappa shape index (κ3) is 4.14. The fourth-order valence-corrected chi connectivity index (χ4v) is 1.38. The molecule has 0 aliphatic carbocycles. The van der Waals surface area contributed by atoms with Gasteiger partial charge in [-0.25, -0.2) is 4.39 Å². The molecule has 0 saturated heterocycles. The summed E-state index contributed by atoms with van der Waals surface area (Å²) >= 11 is 0. The smallest absolute Gasteiger partial charge is 0.140 e. The summed E-state index contributed by atoms with van der Waals surface area (Å²) in [5.74, 6) is -0.460. The Morgan fingerprint density at radius 2 is 2.18 bits per heavy atom. The molecule has 0 bridgehead atoms. The molecule has 0 spiro atoms. The Morgan fingerprint density at radius 3 is 2.76 bits per heavy atom. The van der Waals surface area contributed by atoms with Crippen LogP contribution in [0.2, 0.25) is 0 Å². The lowest BCUT2D eigenvalue weighted by molar-refractivity contribution is 0.302. The maximum absolute atomic E-state index is 13.1. The minimum atomic E-state index is -0.460. The largest absolute Gasteiger partial charge is 0.311 e. The van der Waals surface area contributed by atoms with Crippen molar-refractivity contribution in [2.75, 3.05) is 20.6 Å². The molecule has 0 heterocycles. The highest BCUT2D eigenvalue weighted by molar-refractivity contribution is 5.34. The first-order valence-corrected chi connectivity index (χ1v) is 5.60. The van der Waals surface area contributed by atoms with Crippen LogP contribution in [0.1, 0.15) is 18.1 Å². The van der Waals surface area contributed by atoms with Crippen LogP contribution >= 0.6 is 0 Å². The average molecular weight is 235 g/mol. The number of rotatable bonds is 5. The Morgan fingerprint density at radius 1 is 1.47 bits per heavy atom. The maximum Gasteiger partial charge on any atom is 0.140 e. The lowest BCUT2D eigenvalue weighted by Crippen LogP contribution is -2.35. The Labute approximate surface area is 102 Å². The Bertz CT molecular complexity index is 410. The molecule has 0 amide bonds. The Hall–Kier alpha value is -1.44. The van der Waals surface area contributed by atoms with Crippen molar-refractivity contribution in [3.8, 4) is 6.07 Å². The summed E-state index contributed by atoms with van der Waals surface area (Å²) in [4.78, 5) is 2.12. The van der Waals surface area contributed by atoms with E-state index in [9.17, 15) is 4.39 Å². The normalized spacial score (nSPS) is 12.5. The summed E-state index contributed by atoms with van der Waals surface area (Å²) in [6, 6.07) is 6.90. The minimum Gasteiger partial charge on any atom is -0.311 e. The molecule has 3 nitrogen and oxygen atoms in total. The molecule has 1 aromatic carbocycles. The van der Waals surface area contributed by atoms with Gasteiger partial charge in [-0.05, 0) is 38.7 Å². The number of nitriles is 1. The van der Waals surface area contributed by atoms with E-state index in [0.29, 0.717) is 12.6 Å². The molecule has 0 radical (unpaired) electrons. The van der Waals surface area contributed by atoms with E-state index in [-0.39, 0.29) is 5.56 Å². The van der Waals surface area contributed by atoms with Gasteiger partial charge in [0.25, 0.3) is 0 Å². The number of nitrogens with zero attached hydrogens (tertiary/aromatic N) is 2. The fraction of sp³-hybridized carbons (Fsp3) is 0.462. The molecular weight excluding hydrogens is 217 g/mol. The fourth-order valence-electron chi connectivity index (χ4n) is 1.38. The van der Waals surface area contributed by atoms with Gasteiger partial charge in [-0.15, -0.1) is 0 Å². The number of hydrogen-bond acceptors (Lipinski definition) is 3. The van der Waals surface area contributed by atoms with Gasteiger partial charge in [-0.3, -0.25) is 0 Å². The first-order chi connectivity index (χ1) is 8.04. The highest BCUT2D eigenvalue weighted by Gasteiger charge is 2.05. The predicted molar refractivity (Wildman–Crippen MR) is 66.0 cm³/mol. The van der Waals surface area contributed by atoms with Crippen molar-refractivity contribution in [3.05, 3.63) is 35.1 Å². The van der Waals surface area contributed by atoms with Crippen molar-refractivity contribution < 1.29 is 4.39 Å². The van der Waals surface area contributed by atoms with E-state index in [0.717, 1.165) is 12.1 Å². The minimum absolute atomic E-state index is 0.102. The molecule has 1 atom stereocenters. The summed E-state index contributed by atoms with van der Waals surface area (Å²) in [5.41, 5.74) is 1.03. The van der Waals surface area contributed by atoms with E-state index in [2.05, 4.69) is 17.1 Å². The Balaban J connectivity index is 2.51. The molecule has 1 aromatic rings. The van der Waals surface area contributed by atoms with E-state index >= 15 is 0 Å². The summed E-state index contributed by atoms with van der Waals surface area (Å²) < 4.78 is 13.1. The van der Waals surface area contributed by atoms with Gasteiger partial charge in [0.15, 0.2) is 0 Å². The first kappa shape index (κ1) is 13.6. The second kappa shape index (κ2) is 6.33. The molecule has 4 heteroatoms. The lowest BCUT2D eigenvalue weighted by atomic mass is 10.1. The van der Waals surface area contributed by atoms with Crippen molar-refractivity contribution >= 4 is 0 Å².